The predicted molar refractivity (Wildman–Crippen MR) is 643 cm³/mol. The van der Waals surface area contributed by atoms with Gasteiger partial charge in [0.05, 0.1) is 127 Å². The van der Waals surface area contributed by atoms with Gasteiger partial charge in [-0.1, -0.05) is 302 Å². The molecule has 0 radical (unpaired) electrons. The van der Waals surface area contributed by atoms with E-state index in [-0.39, 0.29) is 136 Å². The van der Waals surface area contributed by atoms with E-state index in [0.717, 1.165) is 50.6 Å². The van der Waals surface area contributed by atoms with E-state index >= 15 is 0 Å². The fraction of sp³-hybridized carbons (Fsp3) is 0.774. The second kappa shape index (κ2) is 68.3. The highest BCUT2D eigenvalue weighted by atomic mass is 127. The Hall–Kier alpha value is -2.83. The normalized spacial score (nSPS) is 24.6. The molecule has 0 aliphatic carbocycles. The number of allylic oxidation sites excluding steroid dienone is 4. The molecule has 5 rings (SSSR count). The lowest BCUT2D eigenvalue weighted by Crippen LogP contribution is -2.55. The number of primary amides is 1. The number of esters is 1. The number of methoxy groups -OCH3 is 2. The van der Waals surface area contributed by atoms with Crippen LogP contribution in [0.25, 0.3) is 0 Å². The molecule has 33 atom stereocenters. The van der Waals surface area contributed by atoms with E-state index in [1.54, 1.807) is 52.4 Å². The van der Waals surface area contributed by atoms with Gasteiger partial charge in [-0.15, -0.1) is 8.93 Å². The number of aldehydes is 1. The first-order valence-corrected chi connectivity index (χ1v) is 71.7. The third kappa shape index (κ3) is 49.5. The summed E-state index contributed by atoms with van der Waals surface area (Å²) in [7, 11) is 0.951. The number of ether oxygens (including phenoxy) is 9. The molecule has 0 aromatic heterocycles. The summed E-state index contributed by atoms with van der Waals surface area (Å²) in [5, 5.41) is 64.8. The number of carbonyl (C=O) groups is 4. The molecule has 149 heavy (non-hydrogen) atoms. The highest BCUT2D eigenvalue weighted by molar-refractivity contribution is 14.1. The Bertz CT molecular complexity index is 4240. The van der Waals surface area contributed by atoms with E-state index in [2.05, 4.69) is 269 Å². The smallest absolute Gasteiger partial charge is 0.404 e. The van der Waals surface area contributed by atoms with E-state index in [4.69, 9.17) is 70.9 Å². The van der Waals surface area contributed by atoms with Crippen molar-refractivity contribution in [1.29, 1.82) is 0 Å². The molecule has 0 bridgehead atoms. The Labute approximate surface area is 939 Å². The molecular formula is C115H212I2N2O24P2Si4. The lowest BCUT2D eigenvalue weighted by atomic mass is 9.81. The lowest BCUT2D eigenvalue weighted by Gasteiger charge is -2.47. The number of rotatable bonds is 49. The minimum absolute atomic E-state index is 0.00212. The van der Waals surface area contributed by atoms with E-state index in [9.17, 15) is 49.8 Å². The Balaban J connectivity index is 0.00000186. The Morgan fingerprint density at radius 1 is 0.604 bits per heavy atom. The van der Waals surface area contributed by atoms with Crippen molar-refractivity contribution in [2.75, 3.05) is 59.3 Å². The number of aliphatic hydroxyl groups excluding tert-OH is 6. The maximum Gasteiger partial charge on any atom is 0.404 e. The van der Waals surface area contributed by atoms with Crippen LogP contribution in [0, 0.1) is 94.7 Å². The van der Waals surface area contributed by atoms with Crippen LogP contribution < -0.4 is 15.2 Å². The number of benzene rings is 2. The maximum atomic E-state index is 12.6. The minimum atomic E-state index is -2.10. The number of hydrogen-bond acceptors (Lipinski definition) is 24. The molecule has 3 fully saturated rings. The molecule has 2 aromatic carbocycles. The van der Waals surface area contributed by atoms with Gasteiger partial charge in [0.1, 0.15) is 36.1 Å². The highest BCUT2D eigenvalue weighted by Crippen LogP contribution is 2.51. The number of nitrogens with two attached hydrogens (primary N) is 1. The molecule has 3 heterocycles. The zero-order valence-corrected chi connectivity index (χ0v) is 111. The first-order valence-electron chi connectivity index (χ1n) is 54.0. The van der Waals surface area contributed by atoms with Crippen molar-refractivity contribution in [1.82, 2.24) is 5.06 Å². The molecule has 3 saturated heterocycles. The number of hydroxylamine groups is 2. The second-order valence-corrected chi connectivity index (χ2v) is 74.3. The van der Waals surface area contributed by atoms with Gasteiger partial charge < -0.3 is 102 Å². The summed E-state index contributed by atoms with van der Waals surface area (Å²) in [6.45, 7) is 93.7. The average Bonchev–Trinajstić information content (AvgIpc) is 0.784. The van der Waals surface area contributed by atoms with Crippen LogP contribution in [-0.2, 0) is 83.3 Å². The van der Waals surface area contributed by atoms with Crippen molar-refractivity contribution >= 4 is 119 Å². The predicted octanol–water partition coefficient (Wildman–Crippen LogP) is 26.1. The van der Waals surface area contributed by atoms with Crippen molar-refractivity contribution in [2.24, 2.45) is 100 Å². The number of alkyl halides is 1. The van der Waals surface area contributed by atoms with Crippen LogP contribution in [0.3, 0.4) is 0 Å². The number of carbonyl (C=O) groups excluding carboxylic acids is 4. The van der Waals surface area contributed by atoms with Gasteiger partial charge in [-0.3, -0.25) is 14.4 Å². The molecule has 866 valence electrons. The lowest BCUT2D eigenvalue weighted by molar-refractivity contribution is -0.245. The number of halogens is 2. The van der Waals surface area contributed by atoms with Crippen molar-refractivity contribution in [3.63, 3.8) is 0 Å². The quantitative estimate of drug-likeness (QED) is 0.00372. The first-order chi connectivity index (χ1) is 68.4. The van der Waals surface area contributed by atoms with Crippen molar-refractivity contribution < 1.29 is 115 Å². The molecule has 3 aliphatic heterocycles. The number of amides is 2. The topological polar surface area (TPSA) is 348 Å². The molecule has 2 amide bonds. The summed E-state index contributed by atoms with van der Waals surface area (Å²) in [6, 6.07) is 15.6. The van der Waals surface area contributed by atoms with Crippen LogP contribution in [0.1, 0.15) is 252 Å². The van der Waals surface area contributed by atoms with Crippen LogP contribution >= 0.6 is 61.7 Å². The molecular weight excluding hydrogens is 2220 g/mol. The van der Waals surface area contributed by atoms with Crippen molar-refractivity contribution in [3.8, 4) is 11.5 Å². The number of cyclic esters (lactones) is 1. The maximum absolute atomic E-state index is 12.6. The SMILES string of the molecule is C=C/C=C\[C@H](C)[C@H](OC(N)=O)[C@@H](C)[C@H](O)[C@@H](C)C/C(C)=C\[C@H](C)[C@@H](O)[C@@H](C)/C=C\[C@@H](O)C[C@@H]1O[C@@H](O)[C@H](C)[C@@H](O)[C@H]1C.CC.COc1ccc(COC[C@H](C)[C@H](O)[C@@H](C)C(=O)N(C)OC)cc1.COc1ccc(COC[C@H](C)[C@H](O[Si](C)(C)C(C)(C)C)[C@@H](C)/C=C(/C)I)cc1.C[C@@H]1[C@H](O[Si](C)(C)C(C)(C)C)[C@@H](C)C(=O)O[C@H]1C[C@@H](C=O)O[Si](C)(C)C(C)(C)C.C[C@H]([C@H]1O[C@@H](P(C)P)OC[C@@H]1C)[C@H](O[Si](C)(C)C(C)(C)C)[C@@H](C)CI. The summed E-state index contributed by atoms with van der Waals surface area (Å²) >= 11 is 4.88. The van der Waals surface area contributed by atoms with Crippen LogP contribution in [0.2, 0.25) is 72.5 Å². The Morgan fingerprint density at radius 2 is 1.08 bits per heavy atom. The summed E-state index contributed by atoms with van der Waals surface area (Å²) in [6.07, 6.45) is 7.57. The average molecular weight is 2440 g/mol. The van der Waals surface area contributed by atoms with Crippen LogP contribution in [0.4, 0.5) is 4.79 Å². The fourth-order valence-electron chi connectivity index (χ4n) is 17.1. The van der Waals surface area contributed by atoms with E-state index < -0.39 is 106 Å². The van der Waals surface area contributed by atoms with Gasteiger partial charge in [-0.2, -0.15) is 0 Å². The summed E-state index contributed by atoms with van der Waals surface area (Å²) < 4.78 is 80.2. The Kier molecular flexibility index (Phi) is 67.0. The molecule has 26 nitrogen and oxygen atoms in total. The standard InChI is InChI=1S/C33H57NO8.C23H39IO3Si.C22H44O5Si2.C18H39IO3P2Si.C17H27NO5.C2H6/c1-10-11-12-20(4)31(42-33(34)40)24(8)29(37)22(6)16-18(2)15-21(5)28(36)19(3)13-14-26(35)17-27-23(7)30(38)25(9)32(39)41-27;1-17(14-19(3)24)22(27-28(8,9)23(4,5)6)18(2)15-26-16-20-10-12-21(25-7)13-11-20;1-15-18(13-17(14-23)26-28(9,10)21(3,4)5)25-20(24)16(2)19(15)27-29(11,12)22(6,7)8;1-12(10-19)16(22-25(8,9)18(4,5)6)14(3)15-13(2)11-20-17(21-15)24(7)23;1-12(16(19)13(2)17(20)18(3)22-5)10-23-11-14-6-8-15(21-4)9-7-14;1-2/h10-15,19-32,35-39H,1,16-17H2,2-9H3,(H2,34,40);10-14,17-18,22H,15-16H2,1-9H3;14-19H,13H2,1-12H3;12-17H,10-11,23H2,1-9H3;6-9,12-13,16,19H,10-11H2,1-5H3;1-2H3/b12-11-,14-13-,18-15-;19-14-;;;;/t19-,20-,21-,22-,23-,24-,25+,26+,27-,28-,29+,30-,31-,32+;17-,18-,22+;15-,16+,17-,18-,19-;12-,13-,14+,15-,16+,17-,24?;12-,13+,16-;/m00000./s1. The summed E-state index contributed by atoms with van der Waals surface area (Å²) in [4.78, 5) is 52.8. The van der Waals surface area contributed by atoms with Gasteiger partial charge in [0.15, 0.2) is 45.6 Å². The monoisotopic (exact) mass is 2430 g/mol. The molecule has 0 saturated carbocycles. The molecule has 34 heteroatoms. The molecule has 3 aliphatic rings. The highest BCUT2D eigenvalue weighted by Gasteiger charge is 2.52. The van der Waals surface area contributed by atoms with E-state index in [0.29, 0.717) is 68.9 Å². The van der Waals surface area contributed by atoms with Crippen LogP contribution in [0.5, 0.6) is 11.5 Å². The molecule has 2 unspecified atom stereocenters. The summed E-state index contributed by atoms with van der Waals surface area (Å²) in [5.41, 5.74) is 8.49. The number of aliphatic hydroxyl groups is 6. The van der Waals surface area contributed by atoms with Gasteiger partial charge in [0.25, 0.3) is 5.91 Å². The molecule has 0 spiro atoms. The van der Waals surface area contributed by atoms with Gasteiger partial charge >= 0.3 is 12.1 Å². The zero-order valence-electron chi connectivity index (χ0n) is 101. The van der Waals surface area contributed by atoms with Crippen molar-refractivity contribution in [3.05, 3.63) is 118 Å². The minimum Gasteiger partial charge on any atom is -0.497 e. The summed E-state index contributed by atoms with van der Waals surface area (Å²) in [5.74, 6) is 0.314. The van der Waals surface area contributed by atoms with Gasteiger partial charge in [0.2, 0.25) is 0 Å². The van der Waals surface area contributed by atoms with Gasteiger partial charge in [-0.05, 0) is 187 Å². The largest absolute Gasteiger partial charge is 0.497 e. The second-order valence-electron chi connectivity index (χ2n) is 48.5. The third-order valence-electron chi connectivity index (χ3n) is 31.4. The van der Waals surface area contributed by atoms with Gasteiger partial charge in [0, 0.05) is 95.3 Å². The third-order valence-corrected chi connectivity index (χ3v) is 52.7. The van der Waals surface area contributed by atoms with Gasteiger partial charge in [-0.25, -0.2) is 9.86 Å². The molecule has 2 aromatic rings. The van der Waals surface area contributed by atoms with Crippen LogP contribution in [-0.4, -0.2) is 244 Å². The zero-order chi connectivity index (χ0) is 116. The van der Waals surface area contributed by atoms with E-state index in [1.165, 1.54) is 17.7 Å². The number of nitrogens with zero attached hydrogens (tertiary/aromatic N) is 1. The number of hydrogen-bond donors (Lipinski definition) is 7. The fourth-order valence-corrected chi connectivity index (χ4v) is 25.0. The molecule has 8 N–H and O–H groups in total. The first kappa shape index (κ1) is 146. The van der Waals surface area contributed by atoms with E-state index in [1.807, 2.05) is 125 Å². The van der Waals surface area contributed by atoms with Crippen LogP contribution in [0.15, 0.2) is 107 Å². The Morgan fingerprint density at radius 3 is 1.52 bits per heavy atom. The van der Waals surface area contributed by atoms with Crippen molar-refractivity contribution in [2.45, 2.75) is 418 Å².